The van der Waals surface area contributed by atoms with E-state index >= 15 is 0 Å². The van der Waals surface area contributed by atoms with Crippen molar-refractivity contribution in [1.29, 1.82) is 0 Å². The first-order valence-corrected chi connectivity index (χ1v) is 11.3. The van der Waals surface area contributed by atoms with E-state index in [1.807, 2.05) is 0 Å². The molecule has 0 aromatic heterocycles. The molecule has 0 spiro atoms. The predicted molar refractivity (Wildman–Crippen MR) is 111 cm³/mol. The van der Waals surface area contributed by atoms with E-state index in [0.29, 0.717) is 28.7 Å². The SMILES string of the molecule is O=C(CN(Cc1ccccc1Cl)S(=O)(=O)c1ccc(Cl)cc1)N1CCCCC1. The van der Waals surface area contributed by atoms with Crippen LogP contribution in [0, 0.1) is 0 Å². The Balaban J connectivity index is 1.90. The van der Waals surface area contributed by atoms with E-state index in [4.69, 9.17) is 23.2 Å². The average molecular weight is 441 g/mol. The highest BCUT2D eigenvalue weighted by molar-refractivity contribution is 7.89. The van der Waals surface area contributed by atoms with E-state index in [2.05, 4.69) is 0 Å². The van der Waals surface area contributed by atoms with Crippen molar-refractivity contribution < 1.29 is 13.2 Å². The van der Waals surface area contributed by atoms with Gasteiger partial charge in [0.1, 0.15) is 0 Å². The molecule has 28 heavy (non-hydrogen) atoms. The van der Waals surface area contributed by atoms with Gasteiger partial charge in [-0.1, -0.05) is 41.4 Å². The number of piperidine rings is 1. The van der Waals surface area contributed by atoms with Gasteiger partial charge in [0.15, 0.2) is 0 Å². The Morgan fingerprint density at radius 1 is 0.964 bits per heavy atom. The van der Waals surface area contributed by atoms with Gasteiger partial charge in [0, 0.05) is 29.7 Å². The van der Waals surface area contributed by atoms with Gasteiger partial charge in [-0.05, 0) is 55.2 Å². The van der Waals surface area contributed by atoms with Crippen LogP contribution in [0.25, 0.3) is 0 Å². The van der Waals surface area contributed by atoms with Gasteiger partial charge < -0.3 is 4.90 Å². The van der Waals surface area contributed by atoms with E-state index in [9.17, 15) is 13.2 Å². The van der Waals surface area contributed by atoms with Crippen molar-refractivity contribution in [1.82, 2.24) is 9.21 Å². The van der Waals surface area contributed by atoms with Crippen LogP contribution in [-0.4, -0.2) is 43.2 Å². The summed E-state index contributed by atoms with van der Waals surface area (Å²) in [4.78, 5) is 14.6. The summed E-state index contributed by atoms with van der Waals surface area (Å²) >= 11 is 12.1. The van der Waals surface area contributed by atoms with Crippen LogP contribution in [0.2, 0.25) is 10.0 Å². The van der Waals surface area contributed by atoms with Crippen LogP contribution in [0.15, 0.2) is 53.4 Å². The lowest BCUT2D eigenvalue weighted by Gasteiger charge is -2.30. The molecule has 1 fully saturated rings. The number of nitrogens with zero attached hydrogens (tertiary/aromatic N) is 2. The third kappa shape index (κ3) is 5.06. The smallest absolute Gasteiger partial charge is 0.243 e. The molecule has 0 saturated carbocycles. The van der Waals surface area contributed by atoms with E-state index in [-0.39, 0.29) is 23.9 Å². The van der Waals surface area contributed by atoms with Gasteiger partial charge in [-0.2, -0.15) is 4.31 Å². The second kappa shape index (κ2) is 9.27. The van der Waals surface area contributed by atoms with Gasteiger partial charge in [-0.15, -0.1) is 0 Å². The van der Waals surface area contributed by atoms with Crippen molar-refractivity contribution in [2.45, 2.75) is 30.7 Å². The number of sulfonamides is 1. The second-order valence-electron chi connectivity index (χ2n) is 6.76. The molecule has 0 bridgehead atoms. The highest BCUT2D eigenvalue weighted by atomic mass is 35.5. The summed E-state index contributed by atoms with van der Waals surface area (Å²) in [5, 5.41) is 0.908. The number of carbonyl (C=O) groups is 1. The zero-order valence-electron chi connectivity index (χ0n) is 15.4. The van der Waals surface area contributed by atoms with Crippen LogP contribution in [-0.2, 0) is 21.4 Å². The van der Waals surface area contributed by atoms with Crippen molar-refractivity contribution in [3.8, 4) is 0 Å². The van der Waals surface area contributed by atoms with Gasteiger partial charge in [-0.25, -0.2) is 8.42 Å². The lowest BCUT2D eigenvalue weighted by Crippen LogP contribution is -2.44. The Hall–Kier alpha value is -1.60. The van der Waals surface area contributed by atoms with Crippen LogP contribution in [0.4, 0.5) is 0 Å². The van der Waals surface area contributed by atoms with Gasteiger partial charge in [0.25, 0.3) is 0 Å². The fourth-order valence-corrected chi connectivity index (χ4v) is 4.88. The third-order valence-corrected chi connectivity index (χ3v) is 7.20. The first kappa shape index (κ1) is 21.1. The third-order valence-electron chi connectivity index (χ3n) is 4.78. The second-order valence-corrected chi connectivity index (χ2v) is 9.54. The lowest BCUT2D eigenvalue weighted by molar-refractivity contribution is -0.132. The van der Waals surface area contributed by atoms with Crippen molar-refractivity contribution in [2.24, 2.45) is 0 Å². The maximum Gasteiger partial charge on any atom is 0.243 e. The Morgan fingerprint density at radius 2 is 1.61 bits per heavy atom. The number of carbonyl (C=O) groups excluding carboxylic acids is 1. The zero-order valence-corrected chi connectivity index (χ0v) is 17.7. The quantitative estimate of drug-likeness (QED) is 0.675. The van der Waals surface area contributed by atoms with Crippen LogP contribution in [0.1, 0.15) is 24.8 Å². The van der Waals surface area contributed by atoms with Gasteiger partial charge >= 0.3 is 0 Å². The minimum atomic E-state index is -3.90. The number of benzene rings is 2. The van der Waals surface area contributed by atoms with E-state index in [0.717, 1.165) is 19.3 Å². The molecule has 0 aliphatic carbocycles. The minimum absolute atomic E-state index is 0.0181. The van der Waals surface area contributed by atoms with Crippen molar-refractivity contribution in [3.05, 3.63) is 64.1 Å². The maximum atomic E-state index is 13.2. The normalized spacial score (nSPS) is 15.0. The lowest BCUT2D eigenvalue weighted by atomic mass is 10.1. The van der Waals surface area contributed by atoms with Crippen molar-refractivity contribution >= 4 is 39.1 Å². The topological polar surface area (TPSA) is 57.7 Å². The molecule has 2 aromatic rings. The van der Waals surface area contributed by atoms with Crippen LogP contribution in [0.5, 0.6) is 0 Å². The monoisotopic (exact) mass is 440 g/mol. The van der Waals surface area contributed by atoms with Gasteiger partial charge in [0.2, 0.25) is 15.9 Å². The molecule has 5 nitrogen and oxygen atoms in total. The standard InChI is InChI=1S/C20H22Cl2N2O3S/c21-17-8-10-18(11-9-17)28(26,27)24(14-16-6-2-3-7-19(16)22)15-20(25)23-12-4-1-5-13-23/h2-3,6-11H,1,4-5,12-15H2. The summed E-state index contributed by atoms with van der Waals surface area (Å²) in [6.45, 7) is 1.12. The minimum Gasteiger partial charge on any atom is -0.342 e. The largest absolute Gasteiger partial charge is 0.342 e. The molecule has 1 amide bonds. The predicted octanol–water partition coefficient (Wildman–Crippen LogP) is 4.20. The highest BCUT2D eigenvalue weighted by Gasteiger charge is 2.29. The molecule has 3 rings (SSSR count). The molecule has 150 valence electrons. The molecule has 0 N–H and O–H groups in total. The number of halogens is 2. The van der Waals surface area contributed by atoms with E-state index < -0.39 is 10.0 Å². The molecule has 1 heterocycles. The van der Waals surface area contributed by atoms with Crippen LogP contribution >= 0.6 is 23.2 Å². The fraction of sp³-hybridized carbons (Fsp3) is 0.350. The fourth-order valence-electron chi connectivity index (χ4n) is 3.19. The first-order chi connectivity index (χ1) is 13.4. The maximum absolute atomic E-state index is 13.2. The molecule has 0 unspecified atom stereocenters. The van der Waals surface area contributed by atoms with Crippen molar-refractivity contribution in [2.75, 3.05) is 19.6 Å². The number of hydrogen-bond donors (Lipinski definition) is 0. The summed E-state index contributed by atoms with van der Waals surface area (Å²) < 4.78 is 27.7. The summed E-state index contributed by atoms with van der Waals surface area (Å²) in [6.07, 6.45) is 2.98. The van der Waals surface area contributed by atoms with Crippen molar-refractivity contribution in [3.63, 3.8) is 0 Å². The molecular formula is C20H22Cl2N2O3S. The molecule has 8 heteroatoms. The first-order valence-electron chi connectivity index (χ1n) is 9.15. The number of likely N-dealkylation sites (tertiary alicyclic amines) is 1. The van der Waals surface area contributed by atoms with Crippen LogP contribution < -0.4 is 0 Å². The molecule has 0 radical (unpaired) electrons. The summed E-state index contributed by atoms with van der Waals surface area (Å²) in [6, 6.07) is 13.0. The van der Waals surface area contributed by atoms with E-state index in [1.54, 1.807) is 29.2 Å². The molecular weight excluding hydrogens is 419 g/mol. The number of rotatable bonds is 6. The zero-order chi connectivity index (χ0) is 20.1. The molecule has 0 atom stereocenters. The average Bonchev–Trinajstić information content (AvgIpc) is 2.70. The number of amides is 1. The molecule has 1 aliphatic rings. The Bertz CT molecular complexity index is 927. The Labute approximate surface area is 175 Å². The number of hydrogen-bond acceptors (Lipinski definition) is 3. The summed E-state index contributed by atoms with van der Waals surface area (Å²) in [7, 11) is -3.90. The molecule has 1 saturated heterocycles. The molecule has 2 aromatic carbocycles. The molecule has 1 aliphatic heterocycles. The summed E-state index contributed by atoms with van der Waals surface area (Å²) in [5.74, 6) is -0.190. The van der Waals surface area contributed by atoms with Gasteiger partial charge in [-0.3, -0.25) is 4.79 Å². The van der Waals surface area contributed by atoms with Gasteiger partial charge in [0.05, 0.1) is 11.4 Å². The highest BCUT2D eigenvalue weighted by Crippen LogP contribution is 2.24. The Kier molecular flexibility index (Phi) is 6.99. The van der Waals surface area contributed by atoms with Crippen LogP contribution in [0.3, 0.4) is 0 Å². The van der Waals surface area contributed by atoms with E-state index in [1.165, 1.54) is 28.6 Å². The Morgan fingerprint density at radius 3 is 2.25 bits per heavy atom. The summed E-state index contributed by atoms with van der Waals surface area (Å²) in [5.41, 5.74) is 0.646.